The highest BCUT2D eigenvalue weighted by atomic mass is 35.5. The number of aromatic nitrogens is 1. The highest BCUT2D eigenvalue weighted by Crippen LogP contribution is 2.17. The Hall–Kier alpha value is -1.67. The van der Waals surface area contributed by atoms with Crippen molar-refractivity contribution >= 4 is 17.4 Å². The molecule has 0 amide bonds. The number of pyridine rings is 1. The first-order valence-electron chi connectivity index (χ1n) is 4.89. The number of halogens is 1. The maximum absolute atomic E-state index is 12.1. The van der Waals surface area contributed by atoms with E-state index in [9.17, 15) is 4.79 Å². The summed E-state index contributed by atoms with van der Waals surface area (Å²) < 4.78 is 0. The second-order valence-corrected chi connectivity index (χ2v) is 4.02. The molecule has 0 aliphatic rings. The van der Waals surface area contributed by atoms with Crippen LogP contribution in [0.15, 0.2) is 42.7 Å². The second-order valence-electron chi connectivity index (χ2n) is 3.58. The fraction of sp³-hybridized carbons (Fsp3) is 0.0769. The SMILES string of the molecule is Cc1cc(Cl)cc(C(=O)c2ccncc2)c1. The average molecular weight is 232 g/mol. The molecule has 16 heavy (non-hydrogen) atoms. The molecular formula is C13H10ClNO. The minimum Gasteiger partial charge on any atom is -0.289 e. The topological polar surface area (TPSA) is 30.0 Å². The van der Waals surface area contributed by atoms with Crippen molar-refractivity contribution in [3.63, 3.8) is 0 Å². The molecule has 0 saturated carbocycles. The fourth-order valence-corrected chi connectivity index (χ4v) is 1.83. The highest BCUT2D eigenvalue weighted by molar-refractivity contribution is 6.31. The van der Waals surface area contributed by atoms with Gasteiger partial charge in [0.05, 0.1) is 0 Å². The van der Waals surface area contributed by atoms with Crippen LogP contribution in [0.3, 0.4) is 0 Å². The minimum absolute atomic E-state index is 0.0343. The average Bonchev–Trinajstić information content (AvgIpc) is 2.28. The van der Waals surface area contributed by atoms with E-state index in [-0.39, 0.29) is 5.78 Å². The summed E-state index contributed by atoms with van der Waals surface area (Å²) in [5.41, 5.74) is 2.21. The summed E-state index contributed by atoms with van der Waals surface area (Å²) in [5.74, 6) is -0.0343. The maximum Gasteiger partial charge on any atom is 0.193 e. The van der Waals surface area contributed by atoms with Crippen LogP contribution in [0.4, 0.5) is 0 Å². The summed E-state index contributed by atoms with van der Waals surface area (Å²) in [4.78, 5) is 15.9. The molecule has 0 spiro atoms. The van der Waals surface area contributed by atoms with E-state index in [4.69, 9.17) is 11.6 Å². The molecule has 0 unspecified atom stereocenters. The predicted molar refractivity (Wildman–Crippen MR) is 63.9 cm³/mol. The molecule has 0 bridgehead atoms. The van der Waals surface area contributed by atoms with Gasteiger partial charge in [0, 0.05) is 28.5 Å². The Balaban J connectivity index is 2.42. The van der Waals surface area contributed by atoms with E-state index >= 15 is 0 Å². The summed E-state index contributed by atoms with van der Waals surface area (Å²) in [6, 6.07) is 8.72. The number of ketones is 1. The first-order chi connectivity index (χ1) is 7.66. The van der Waals surface area contributed by atoms with Gasteiger partial charge in [-0.1, -0.05) is 11.6 Å². The molecule has 0 saturated heterocycles. The predicted octanol–water partition coefficient (Wildman–Crippen LogP) is 3.27. The van der Waals surface area contributed by atoms with E-state index in [1.54, 1.807) is 30.6 Å². The van der Waals surface area contributed by atoms with Crippen LogP contribution in [0.25, 0.3) is 0 Å². The third-order valence-corrected chi connectivity index (χ3v) is 2.47. The number of benzene rings is 1. The number of nitrogens with zero attached hydrogens (tertiary/aromatic N) is 1. The fourth-order valence-electron chi connectivity index (χ4n) is 1.54. The van der Waals surface area contributed by atoms with Crippen LogP contribution in [-0.2, 0) is 0 Å². The van der Waals surface area contributed by atoms with Gasteiger partial charge in [0.25, 0.3) is 0 Å². The summed E-state index contributed by atoms with van der Waals surface area (Å²) in [6.45, 7) is 1.91. The lowest BCUT2D eigenvalue weighted by Crippen LogP contribution is -2.01. The number of hydrogen-bond acceptors (Lipinski definition) is 2. The highest BCUT2D eigenvalue weighted by Gasteiger charge is 2.09. The van der Waals surface area contributed by atoms with Gasteiger partial charge >= 0.3 is 0 Å². The Morgan fingerprint density at radius 3 is 2.44 bits per heavy atom. The number of aryl methyl sites for hydroxylation is 1. The van der Waals surface area contributed by atoms with Crippen molar-refractivity contribution in [2.75, 3.05) is 0 Å². The van der Waals surface area contributed by atoms with Crippen LogP contribution in [0.1, 0.15) is 21.5 Å². The van der Waals surface area contributed by atoms with Gasteiger partial charge in [-0.15, -0.1) is 0 Å². The molecule has 1 heterocycles. The van der Waals surface area contributed by atoms with Crippen LogP contribution in [-0.4, -0.2) is 10.8 Å². The molecule has 0 fully saturated rings. The van der Waals surface area contributed by atoms with Crippen molar-refractivity contribution in [2.45, 2.75) is 6.92 Å². The zero-order chi connectivity index (χ0) is 11.5. The Morgan fingerprint density at radius 1 is 1.12 bits per heavy atom. The lowest BCUT2D eigenvalue weighted by atomic mass is 10.0. The van der Waals surface area contributed by atoms with Gasteiger partial charge in [0.2, 0.25) is 0 Å². The third-order valence-electron chi connectivity index (χ3n) is 2.25. The largest absolute Gasteiger partial charge is 0.289 e. The summed E-state index contributed by atoms with van der Waals surface area (Å²) in [6.07, 6.45) is 3.20. The standard InChI is InChI=1S/C13H10ClNO/c1-9-6-11(8-12(14)7-9)13(16)10-2-4-15-5-3-10/h2-8H,1H3. The van der Waals surface area contributed by atoms with E-state index in [2.05, 4.69) is 4.98 Å². The van der Waals surface area contributed by atoms with E-state index in [1.807, 2.05) is 19.1 Å². The van der Waals surface area contributed by atoms with Crippen LogP contribution in [0.2, 0.25) is 5.02 Å². The van der Waals surface area contributed by atoms with E-state index in [0.29, 0.717) is 16.1 Å². The smallest absolute Gasteiger partial charge is 0.193 e. The Morgan fingerprint density at radius 2 is 1.81 bits per heavy atom. The van der Waals surface area contributed by atoms with Gasteiger partial charge in [-0.25, -0.2) is 0 Å². The van der Waals surface area contributed by atoms with Gasteiger partial charge < -0.3 is 0 Å². The molecule has 2 nitrogen and oxygen atoms in total. The normalized spacial score (nSPS) is 10.1. The van der Waals surface area contributed by atoms with Crippen molar-refractivity contribution < 1.29 is 4.79 Å². The van der Waals surface area contributed by atoms with Gasteiger partial charge in [-0.2, -0.15) is 0 Å². The molecular weight excluding hydrogens is 222 g/mol. The molecule has 2 aromatic rings. The van der Waals surface area contributed by atoms with Crippen LogP contribution in [0, 0.1) is 6.92 Å². The maximum atomic E-state index is 12.1. The van der Waals surface area contributed by atoms with Gasteiger partial charge in [0.1, 0.15) is 0 Å². The zero-order valence-corrected chi connectivity index (χ0v) is 9.53. The van der Waals surface area contributed by atoms with E-state index in [1.165, 1.54) is 0 Å². The lowest BCUT2D eigenvalue weighted by molar-refractivity contribution is 0.103. The molecule has 0 N–H and O–H groups in total. The Bertz CT molecular complexity index is 502. The first kappa shape index (κ1) is 10.8. The van der Waals surface area contributed by atoms with Gasteiger partial charge in [-0.3, -0.25) is 9.78 Å². The molecule has 0 radical (unpaired) electrons. The summed E-state index contributed by atoms with van der Waals surface area (Å²) in [5, 5.41) is 0.581. The molecule has 0 aliphatic carbocycles. The van der Waals surface area contributed by atoms with Crippen LogP contribution in [0.5, 0.6) is 0 Å². The van der Waals surface area contributed by atoms with Crippen molar-refractivity contribution in [2.24, 2.45) is 0 Å². The molecule has 0 aliphatic heterocycles. The monoisotopic (exact) mass is 231 g/mol. The number of carbonyl (C=O) groups is 1. The van der Waals surface area contributed by atoms with Crippen LogP contribution >= 0.6 is 11.6 Å². The molecule has 0 atom stereocenters. The second kappa shape index (κ2) is 4.45. The van der Waals surface area contributed by atoms with Crippen molar-refractivity contribution in [3.8, 4) is 0 Å². The minimum atomic E-state index is -0.0343. The molecule has 3 heteroatoms. The third kappa shape index (κ3) is 2.28. The quantitative estimate of drug-likeness (QED) is 0.743. The zero-order valence-electron chi connectivity index (χ0n) is 8.77. The van der Waals surface area contributed by atoms with Gasteiger partial charge in [-0.05, 0) is 42.8 Å². The summed E-state index contributed by atoms with van der Waals surface area (Å²) >= 11 is 5.92. The Labute approximate surface area is 98.9 Å². The number of hydrogen-bond donors (Lipinski definition) is 0. The number of rotatable bonds is 2. The lowest BCUT2D eigenvalue weighted by Gasteiger charge is -2.03. The van der Waals surface area contributed by atoms with Crippen LogP contribution < -0.4 is 0 Å². The summed E-state index contributed by atoms with van der Waals surface area (Å²) in [7, 11) is 0. The molecule has 2 rings (SSSR count). The molecule has 1 aromatic carbocycles. The Kier molecular flexibility index (Phi) is 3.02. The molecule has 80 valence electrons. The van der Waals surface area contributed by atoms with E-state index in [0.717, 1.165) is 5.56 Å². The van der Waals surface area contributed by atoms with E-state index < -0.39 is 0 Å². The first-order valence-corrected chi connectivity index (χ1v) is 5.26. The number of carbonyl (C=O) groups excluding carboxylic acids is 1. The molecule has 1 aromatic heterocycles. The van der Waals surface area contributed by atoms with Gasteiger partial charge in [0.15, 0.2) is 5.78 Å². The van der Waals surface area contributed by atoms with Crippen molar-refractivity contribution in [3.05, 3.63) is 64.4 Å². The van der Waals surface area contributed by atoms with Crippen molar-refractivity contribution in [1.29, 1.82) is 0 Å². The van der Waals surface area contributed by atoms with Crippen molar-refractivity contribution in [1.82, 2.24) is 4.98 Å².